The number of benzene rings is 4. The van der Waals surface area contributed by atoms with Gasteiger partial charge in [0.05, 0.1) is 28.0 Å². The van der Waals surface area contributed by atoms with Crippen molar-refractivity contribution in [3.63, 3.8) is 0 Å². The highest BCUT2D eigenvalue weighted by Crippen LogP contribution is 2.31. The minimum absolute atomic E-state index is 0.217. The molecule has 0 aliphatic rings. The Balaban J connectivity index is 1.51. The summed E-state index contributed by atoms with van der Waals surface area (Å²) in [5.74, 6) is -0.783. The maximum atomic E-state index is 13.0. The fraction of sp³-hybridized carbons (Fsp3) is 0.0968. The van der Waals surface area contributed by atoms with Gasteiger partial charge in [-0.3, -0.25) is 4.79 Å². The Morgan fingerprint density at radius 1 is 0.667 bits per heavy atom. The van der Waals surface area contributed by atoms with Crippen LogP contribution in [0.1, 0.15) is 34.1 Å². The van der Waals surface area contributed by atoms with Crippen LogP contribution >= 0.6 is 0 Å². The lowest BCUT2D eigenvalue weighted by molar-refractivity contribution is 0.0277. The molecule has 0 aliphatic carbocycles. The zero-order valence-corrected chi connectivity index (χ0v) is 19.8. The Morgan fingerprint density at radius 3 is 1.75 bits per heavy atom. The zero-order chi connectivity index (χ0) is 24.9. The smallest absolute Gasteiger partial charge is 0.338 e. The number of hydrogen-bond acceptors (Lipinski definition) is 5. The van der Waals surface area contributed by atoms with Crippen molar-refractivity contribution in [2.24, 2.45) is 0 Å². The molecule has 1 atom stereocenters. The quantitative estimate of drug-likeness (QED) is 0.193. The Morgan fingerprint density at radius 2 is 1.19 bits per heavy atom. The standard InChI is InChI=1S/C31H24N2O3/c1-2-27(30(34)23-16-10-5-11-17-23)36-31(35)24-18-19-25-26(20-24)33-29(22-14-8-4-9-15-22)28(32-25)21-12-6-3-7-13-21/h3-20,27H,2H2,1H3/t27-/m1/s1. The first kappa shape index (κ1) is 23.1. The van der Waals surface area contributed by atoms with Crippen LogP contribution in [0.2, 0.25) is 0 Å². The van der Waals surface area contributed by atoms with Crippen LogP contribution in [0, 0.1) is 0 Å². The van der Waals surface area contributed by atoms with Crippen LogP contribution in [0.3, 0.4) is 0 Å². The molecule has 0 saturated carbocycles. The van der Waals surface area contributed by atoms with Gasteiger partial charge >= 0.3 is 5.97 Å². The highest BCUT2D eigenvalue weighted by atomic mass is 16.5. The molecule has 1 heterocycles. The van der Waals surface area contributed by atoms with Crippen molar-refractivity contribution < 1.29 is 14.3 Å². The third-order valence-corrected chi connectivity index (χ3v) is 5.97. The van der Waals surface area contributed by atoms with Crippen molar-refractivity contribution in [3.8, 4) is 22.5 Å². The van der Waals surface area contributed by atoms with Gasteiger partial charge in [0.15, 0.2) is 6.10 Å². The van der Waals surface area contributed by atoms with Crippen LogP contribution in [-0.2, 0) is 4.74 Å². The largest absolute Gasteiger partial charge is 0.450 e. The summed E-state index contributed by atoms with van der Waals surface area (Å²) in [6.45, 7) is 1.82. The summed E-state index contributed by atoms with van der Waals surface area (Å²) < 4.78 is 5.62. The van der Waals surface area contributed by atoms with Gasteiger partial charge in [-0.15, -0.1) is 0 Å². The summed E-state index contributed by atoms with van der Waals surface area (Å²) in [5, 5.41) is 0. The van der Waals surface area contributed by atoms with Crippen molar-refractivity contribution in [3.05, 3.63) is 120 Å². The summed E-state index contributed by atoms with van der Waals surface area (Å²) >= 11 is 0. The van der Waals surface area contributed by atoms with E-state index < -0.39 is 12.1 Å². The van der Waals surface area contributed by atoms with Gasteiger partial charge in [-0.05, 0) is 24.6 Å². The number of fused-ring (bicyclic) bond motifs is 1. The van der Waals surface area contributed by atoms with Crippen LogP contribution < -0.4 is 0 Å². The first-order valence-corrected chi connectivity index (χ1v) is 11.9. The molecule has 4 aromatic carbocycles. The van der Waals surface area contributed by atoms with E-state index in [0.29, 0.717) is 28.6 Å². The lowest BCUT2D eigenvalue weighted by Crippen LogP contribution is -2.26. The molecule has 1 aromatic heterocycles. The molecule has 0 N–H and O–H groups in total. The minimum Gasteiger partial charge on any atom is -0.450 e. The fourth-order valence-electron chi connectivity index (χ4n) is 4.08. The second-order valence-electron chi connectivity index (χ2n) is 8.39. The predicted octanol–water partition coefficient (Wildman–Crippen LogP) is 6.78. The Kier molecular flexibility index (Phi) is 6.63. The first-order chi connectivity index (χ1) is 17.6. The van der Waals surface area contributed by atoms with E-state index in [1.807, 2.05) is 73.7 Å². The average Bonchev–Trinajstić information content (AvgIpc) is 2.95. The molecule has 0 bridgehead atoms. The van der Waals surface area contributed by atoms with Crippen molar-refractivity contribution in [1.29, 1.82) is 0 Å². The summed E-state index contributed by atoms with van der Waals surface area (Å²) in [5.41, 5.74) is 5.46. The Hall–Kier alpha value is -4.64. The van der Waals surface area contributed by atoms with Gasteiger partial charge in [-0.25, -0.2) is 14.8 Å². The van der Waals surface area contributed by atoms with Crippen LogP contribution in [0.4, 0.5) is 0 Å². The average molecular weight is 473 g/mol. The third kappa shape index (κ3) is 4.77. The third-order valence-electron chi connectivity index (χ3n) is 5.97. The molecule has 0 radical (unpaired) electrons. The topological polar surface area (TPSA) is 69.2 Å². The van der Waals surface area contributed by atoms with E-state index in [1.165, 1.54) is 0 Å². The van der Waals surface area contributed by atoms with Crippen molar-refractivity contribution in [1.82, 2.24) is 9.97 Å². The molecule has 0 spiro atoms. The van der Waals surface area contributed by atoms with E-state index in [4.69, 9.17) is 14.7 Å². The molecular formula is C31H24N2O3. The van der Waals surface area contributed by atoms with Gasteiger partial charge in [0.2, 0.25) is 5.78 Å². The van der Waals surface area contributed by atoms with E-state index in [9.17, 15) is 9.59 Å². The van der Waals surface area contributed by atoms with Gasteiger partial charge in [0.1, 0.15) is 0 Å². The number of nitrogens with zero attached hydrogens (tertiary/aromatic N) is 2. The fourth-order valence-corrected chi connectivity index (χ4v) is 4.08. The second-order valence-corrected chi connectivity index (χ2v) is 8.39. The maximum Gasteiger partial charge on any atom is 0.338 e. The first-order valence-electron chi connectivity index (χ1n) is 11.9. The summed E-state index contributed by atoms with van der Waals surface area (Å²) in [6.07, 6.45) is -0.479. The monoisotopic (exact) mass is 472 g/mol. The molecule has 5 rings (SSSR count). The highest BCUT2D eigenvalue weighted by molar-refractivity contribution is 6.02. The van der Waals surface area contributed by atoms with Crippen LogP contribution in [-0.4, -0.2) is 27.8 Å². The lowest BCUT2D eigenvalue weighted by atomic mass is 10.0. The van der Waals surface area contributed by atoms with E-state index in [2.05, 4.69) is 0 Å². The number of carbonyl (C=O) groups is 2. The molecule has 0 amide bonds. The Bertz CT molecular complexity index is 1520. The number of Topliss-reactive ketones (excluding diaryl/α,β-unsaturated/α-hetero) is 1. The van der Waals surface area contributed by atoms with Crippen molar-refractivity contribution >= 4 is 22.8 Å². The van der Waals surface area contributed by atoms with Crippen LogP contribution in [0.25, 0.3) is 33.5 Å². The summed E-state index contributed by atoms with van der Waals surface area (Å²) in [4.78, 5) is 35.7. The molecule has 0 aliphatic heterocycles. The molecular weight excluding hydrogens is 448 g/mol. The molecule has 0 fully saturated rings. The minimum atomic E-state index is -0.859. The molecule has 176 valence electrons. The number of esters is 1. The molecule has 0 unspecified atom stereocenters. The van der Waals surface area contributed by atoms with Crippen molar-refractivity contribution in [2.75, 3.05) is 0 Å². The SMILES string of the molecule is CC[C@@H](OC(=O)c1ccc2nc(-c3ccccc3)c(-c3ccccc3)nc2c1)C(=O)c1ccccc1. The van der Waals surface area contributed by atoms with Gasteiger partial charge in [0, 0.05) is 16.7 Å². The number of ketones is 1. The zero-order valence-electron chi connectivity index (χ0n) is 19.8. The number of aromatic nitrogens is 2. The Labute approximate surface area is 209 Å². The molecule has 5 nitrogen and oxygen atoms in total. The van der Waals surface area contributed by atoms with Gasteiger partial charge in [-0.1, -0.05) is 97.9 Å². The van der Waals surface area contributed by atoms with E-state index in [0.717, 1.165) is 22.5 Å². The highest BCUT2D eigenvalue weighted by Gasteiger charge is 2.23. The molecule has 36 heavy (non-hydrogen) atoms. The van der Waals surface area contributed by atoms with E-state index in [1.54, 1.807) is 42.5 Å². The molecule has 5 aromatic rings. The predicted molar refractivity (Wildman–Crippen MR) is 141 cm³/mol. The number of carbonyl (C=O) groups excluding carboxylic acids is 2. The normalized spacial score (nSPS) is 11.7. The lowest BCUT2D eigenvalue weighted by Gasteiger charge is -2.16. The van der Waals surface area contributed by atoms with Crippen molar-refractivity contribution in [2.45, 2.75) is 19.4 Å². The summed E-state index contributed by atoms with van der Waals surface area (Å²) in [6, 6.07) is 33.7. The number of ether oxygens (including phenoxy) is 1. The summed E-state index contributed by atoms with van der Waals surface area (Å²) in [7, 11) is 0. The van der Waals surface area contributed by atoms with Gasteiger partial charge in [0.25, 0.3) is 0 Å². The maximum absolute atomic E-state index is 13.0. The van der Waals surface area contributed by atoms with E-state index in [-0.39, 0.29) is 5.78 Å². The molecule has 5 heteroatoms. The number of hydrogen-bond donors (Lipinski definition) is 0. The second kappa shape index (κ2) is 10.3. The number of rotatable bonds is 7. The van der Waals surface area contributed by atoms with Gasteiger partial charge < -0.3 is 4.74 Å². The van der Waals surface area contributed by atoms with Crippen LogP contribution in [0.15, 0.2) is 109 Å². The van der Waals surface area contributed by atoms with E-state index >= 15 is 0 Å². The molecule has 0 saturated heterocycles. The van der Waals surface area contributed by atoms with Crippen LogP contribution in [0.5, 0.6) is 0 Å². The van der Waals surface area contributed by atoms with Gasteiger partial charge in [-0.2, -0.15) is 0 Å².